The Labute approximate surface area is 458 Å². The van der Waals surface area contributed by atoms with E-state index >= 15 is 0 Å². The summed E-state index contributed by atoms with van der Waals surface area (Å²) < 4.78 is 28.5. The van der Waals surface area contributed by atoms with Crippen LogP contribution in [0.3, 0.4) is 0 Å². The third kappa shape index (κ3) is 42.1. The van der Waals surface area contributed by atoms with Gasteiger partial charge in [0.05, 0.1) is 6.61 Å². The first kappa shape index (κ1) is 70.5. The van der Waals surface area contributed by atoms with E-state index in [1.54, 1.807) is 0 Å². The second kappa shape index (κ2) is 52.2. The van der Waals surface area contributed by atoms with Crippen molar-refractivity contribution < 1.29 is 58.2 Å². The lowest BCUT2D eigenvalue weighted by Crippen LogP contribution is -2.61. The summed E-state index contributed by atoms with van der Waals surface area (Å²) in [7, 11) is 0. The molecule has 1 rings (SSSR count). The minimum atomic E-state index is -1.90. The molecule has 12 heteroatoms. The molecule has 0 aromatic rings. The monoisotopic (exact) mass is 1060 g/mol. The first-order valence-corrected chi connectivity index (χ1v) is 31.7. The smallest absolute Gasteiger partial charge is 0.335 e. The Morgan fingerprint density at radius 2 is 0.760 bits per heavy atom. The van der Waals surface area contributed by atoms with E-state index in [0.29, 0.717) is 19.3 Å². The van der Waals surface area contributed by atoms with E-state index in [9.17, 15) is 34.5 Å². The molecule has 0 bridgehead atoms. The molecule has 0 saturated carbocycles. The molecule has 3 N–H and O–H groups in total. The molecule has 1 heterocycles. The average molecular weight is 1070 g/mol. The highest BCUT2D eigenvalue weighted by atomic mass is 16.7. The minimum absolute atomic E-state index is 0.0620. The number of aliphatic carboxylic acids is 1. The molecule has 1 saturated heterocycles. The number of carboxylic acid groups (broad SMARTS) is 1. The highest BCUT2D eigenvalue weighted by Crippen LogP contribution is 2.27. The number of ether oxygens (including phenoxy) is 5. The lowest BCUT2D eigenvalue weighted by molar-refractivity contribution is -0.301. The fraction of sp³-hybridized carbons (Fsp3) is 0.905. The maximum atomic E-state index is 13.1. The molecule has 1 aliphatic rings. The lowest BCUT2D eigenvalue weighted by atomic mass is 9.98. The second-order valence-corrected chi connectivity index (χ2v) is 22.1. The number of carbonyl (C=O) groups is 4. The van der Waals surface area contributed by atoms with Crippen molar-refractivity contribution in [2.24, 2.45) is 0 Å². The summed E-state index contributed by atoms with van der Waals surface area (Å²) in [5.41, 5.74) is 0. The molecule has 440 valence electrons. The van der Waals surface area contributed by atoms with Crippen LogP contribution in [0.5, 0.6) is 0 Å². The predicted octanol–water partition coefficient (Wildman–Crippen LogP) is 16.5. The maximum Gasteiger partial charge on any atom is 0.335 e. The van der Waals surface area contributed by atoms with Crippen LogP contribution in [0.15, 0.2) is 12.2 Å². The number of hydrogen-bond acceptors (Lipinski definition) is 11. The van der Waals surface area contributed by atoms with Gasteiger partial charge in [0, 0.05) is 19.3 Å². The van der Waals surface area contributed by atoms with Crippen molar-refractivity contribution in [2.45, 2.75) is 353 Å². The van der Waals surface area contributed by atoms with E-state index in [0.717, 1.165) is 70.6 Å². The Balaban J connectivity index is 2.62. The minimum Gasteiger partial charge on any atom is -0.479 e. The van der Waals surface area contributed by atoms with Crippen LogP contribution in [0.1, 0.15) is 316 Å². The molecule has 0 amide bonds. The summed E-state index contributed by atoms with van der Waals surface area (Å²) in [4.78, 5) is 51.2. The zero-order chi connectivity index (χ0) is 54.7. The van der Waals surface area contributed by atoms with Crippen LogP contribution >= 0.6 is 0 Å². The van der Waals surface area contributed by atoms with Crippen LogP contribution < -0.4 is 0 Å². The fourth-order valence-corrected chi connectivity index (χ4v) is 9.95. The second-order valence-electron chi connectivity index (χ2n) is 22.1. The number of esters is 3. The standard InChI is InChI=1S/C63H116O12/c1-4-7-10-13-16-19-22-24-26-28-30-32-35-37-40-43-46-49-55(64)71-52-54(73-56(65)50-47-44-41-38-34-21-18-15-12-9-6-3)53-72-63-61(59(68)58(67)60(75-63)62(69)70)74-57(66)51-48-45-42-39-36-33-31-29-27-25-23-20-17-14-11-8-5-2/h25,27,54,58-61,63,67-68H,4-24,26,28-53H2,1-3H3,(H,69,70)/b27-25-. The van der Waals surface area contributed by atoms with Crippen LogP contribution in [0.25, 0.3) is 0 Å². The van der Waals surface area contributed by atoms with E-state index in [1.807, 2.05) is 0 Å². The Morgan fingerprint density at radius 1 is 0.427 bits per heavy atom. The summed E-state index contributed by atoms with van der Waals surface area (Å²) in [6.07, 6.45) is 46.1. The number of aliphatic hydroxyl groups is 2. The fourth-order valence-electron chi connectivity index (χ4n) is 9.95. The molecule has 6 atom stereocenters. The van der Waals surface area contributed by atoms with Crippen molar-refractivity contribution in [1.29, 1.82) is 0 Å². The van der Waals surface area contributed by atoms with Gasteiger partial charge < -0.3 is 39.0 Å². The van der Waals surface area contributed by atoms with Crippen molar-refractivity contribution in [3.8, 4) is 0 Å². The highest BCUT2D eigenvalue weighted by molar-refractivity contribution is 5.74. The Hall–Kier alpha value is -2.54. The van der Waals surface area contributed by atoms with Crippen LogP contribution in [0, 0.1) is 0 Å². The molecule has 75 heavy (non-hydrogen) atoms. The molecule has 0 aromatic carbocycles. The molecule has 0 aliphatic carbocycles. The van der Waals surface area contributed by atoms with Crippen LogP contribution in [-0.4, -0.2) is 89.2 Å². The first-order valence-electron chi connectivity index (χ1n) is 31.7. The van der Waals surface area contributed by atoms with Gasteiger partial charge in [-0.05, 0) is 44.9 Å². The number of aliphatic hydroxyl groups excluding tert-OH is 2. The van der Waals surface area contributed by atoms with E-state index in [-0.39, 0.29) is 25.9 Å². The van der Waals surface area contributed by atoms with Gasteiger partial charge in [0.2, 0.25) is 0 Å². The zero-order valence-corrected chi connectivity index (χ0v) is 48.6. The normalized spacial score (nSPS) is 18.1. The van der Waals surface area contributed by atoms with E-state index < -0.39 is 67.3 Å². The van der Waals surface area contributed by atoms with Gasteiger partial charge in [-0.1, -0.05) is 264 Å². The van der Waals surface area contributed by atoms with E-state index in [4.69, 9.17) is 23.7 Å². The molecule has 6 unspecified atom stereocenters. The summed E-state index contributed by atoms with van der Waals surface area (Å²) >= 11 is 0. The average Bonchev–Trinajstić information content (AvgIpc) is 3.39. The van der Waals surface area contributed by atoms with E-state index in [1.165, 1.54) is 186 Å². The van der Waals surface area contributed by atoms with Gasteiger partial charge in [-0.3, -0.25) is 14.4 Å². The first-order chi connectivity index (χ1) is 36.6. The van der Waals surface area contributed by atoms with Crippen LogP contribution in [-0.2, 0) is 42.9 Å². The summed E-state index contributed by atoms with van der Waals surface area (Å²) in [5.74, 6) is -3.08. The Kier molecular flexibility index (Phi) is 49.0. The Bertz CT molecular complexity index is 1360. The molecular formula is C63H116O12. The van der Waals surface area contributed by atoms with Crippen molar-refractivity contribution in [3.63, 3.8) is 0 Å². The molecule has 1 aliphatic heterocycles. The molecule has 12 nitrogen and oxygen atoms in total. The molecule has 0 radical (unpaired) electrons. The van der Waals surface area contributed by atoms with Crippen LogP contribution in [0.2, 0.25) is 0 Å². The number of carboxylic acids is 1. The quantitative estimate of drug-likeness (QED) is 0.0228. The van der Waals surface area contributed by atoms with Gasteiger partial charge in [-0.25, -0.2) is 4.79 Å². The molecule has 0 aromatic heterocycles. The van der Waals surface area contributed by atoms with Gasteiger partial charge >= 0.3 is 23.9 Å². The third-order valence-electron chi connectivity index (χ3n) is 14.8. The molecule has 0 spiro atoms. The lowest BCUT2D eigenvalue weighted by Gasteiger charge is -2.40. The predicted molar refractivity (Wildman–Crippen MR) is 304 cm³/mol. The highest BCUT2D eigenvalue weighted by Gasteiger charge is 2.50. The largest absolute Gasteiger partial charge is 0.479 e. The van der Waals surface area contributed by atoms with Gasteiger partial charge in [0.25, 0.3) is 0 Å². The van der Waals surface area contributed by atoms with Gasteiger partial charge in [-0.15, -0.1) is 0 Å². The summed E-state index contributed by atoms with van der Waals surface area (Å²) in [5, 5.41) is 31.5. The maximum absolute atomic E-state index is 13.1. The topological polar surface area (TPSA) is 175 Å². The van der Waals surface area contributed by atoms with Crippen molar-refractivity contribution >= 4 is 23.9 Å². The van der Waals surface area contributed by atoms with E-state index in [2.05, 4.69) is 32.9 Å². The summed E-state index contributed by atoms with van der Waals surface area (Å²) in [6, 6.07) is 0. The number of allylic oxidation sites excluding steroid dienone is 2. The molecular weight excluding hydrogens is 949 g/mol. The van der Waals surface area contributed by atoms with Crippen molar-refractivity contribution in [1.82, 2.24) is 0 Å². The number of unbranched alkanes of at least 4 members (excludes halogenated alkanes) is 39. The van der Waals surface area contributed by atoms with Crippen molar-refractivity contribution in [2.75, 3.05) is 13.2 Å². The summed E-state index contributed by atoms with van der Waals surface area (Å²) in [6.45, 7) is 6.03. The van der Waals surface area contributed by atoms with Crippen LogP contribution in [0.4, 0.5) is 0 Å². The zero-order valence-electron chi connectivity index (χ0n) is 48.6. The molecule has 1 fully saturated rings. The third-order valence-corrected chi connectivity index (χ3v) is 14.8. The number of hydrogen-bond donors (Lipinski definition) is 3. The van der Waals surface area contributed by atoms with Gasteiger partial charge in [0.1, 0.15) is 18.8 Å². The van der Waals surface area contributed by atoms with Crippen molar-refractivity contribution in [3.05, 3.63) is 12.2 Å². The van der Waals surface area contributed by atoms with Gasteiger partial charge in [0.15, 0.2) is 24.6 Å². The number of rotatable bonds is 55. The Morgan fingerprint density at radius 3 is 1.13 bits per heavy atom. The number of carbonyl (C=O) groups excluding carboxylic acids is 3. The van der Waals surface area contributed by atoms with Gasteiger partial charge in [-0.2, -0.15) is 0 Å². The SMILES string of the molecule is CCCCCCCC/C=C\CCCCCCCCCC(=O)OC1C(OCC(COC(=O)CCCCCCCCCCCCCCCCCCC)OC(=O)CCCCCCCCCCCCC)OC(C(=O)O)C(O)C1O.